The van der Waals surface area contributed by atoms with Gasteiger partial charge in [0.15, 0.2) is 0 Å². The monoisotopic (exact) mass is 632 g/mol. The predicted molar refractivity (Wildman–Crippen MR) is 174 cm³/mol. The number of rotatable bonds is 15. The lowest BCUT2D eigenvalue weighted by molar-refractivity contribution is -0.161. The zero-order valence-electron chi connectivity index (χ0n) is 27.5. The fraction of sp³-hybridized carbons (Fsp3) is 0.600. The summed E-state index contributed by atoms with van der Waals surface area (Å²) in [4.78, 5) is 28.4. The van der Waals surface area contributed by atoms with Gasteiger partial charge in [0.25, 0.3) is 0 Å². The molecule has 2 aromatic rings. The van der Waals surface area contributed by atoms with Crippen molar-refractivity contribution in [1.29, 1.82) is 0 Å². The third-order valence-electron chi connectivity index (χ3n) is 8.92. The van der Waals surface area contributed by atoms with E-state index in [9.17, 15) is 22.8 Å². The van der Waals surface area contributed by atoms with Crippen LogP contribution in [0.25, 0.3) is 0 Å². The first-order chi connectivity index (χ1) is 21.3. The molecule has 0 bridgehead atoms. The number of esters is 1. The molecule has 10 heteroatoms. The molecule has 7 nitrogen and oxygen atoms in total. The van der Waals surface area contributed by atoms with Crippen molar-refractivity contribution in [3.63, 3.8) is 0 Å². The van der Waals surface area contributed by atoms with E-state index in [4.69, 9.17) is 4.74 Å². The smallest absolute Gasteiger partial charge is 0.407 e. The van der Waals surface area contributed by atoms with Crippen LogP contribution in [0.2, 0.25) is 0 Å². The molecule has 250 valence electrons. The molecule has 2 aromatic carbocycles. The summed E-state index contributed by atoms with van der Waals surface area (Å²) in [5.74, 6) is -0.326. The van der Waals surface area contributed by atoms with Crippen molar-refractivity contribution in [3.8, 4) is 0 Å². The highest BCUT2D eigenvalue weighted by Gasteiger charge is 2.45. The summed E-state index contributed by atoms with van der Waals surface area (Å²) in [5, 5.41) is 8.95. The molecule has 3 atom stereocenters. The summed E-state index contributed by atoms with van der Waals surface area (Å²) in [6.45, 7) is 14.1. The normalized spacial score (nSPS) is 17.1. The van der Waals surface area contributed by atoms with Crippen LogP contribution in [0.1, 0.15) is 78.8 Å². The number of halogens is 3. The van der Waals surface area contributed by atoms with Crippen molar-refractivity contribution >= 4 is 23.3 Å². The third kappa shape index (κ3) is 9.86. The molecular formula is C35H51F3N4O3. The number of ether oxygens (including phenoxy) is 1. The molecule has 0 saturated carbocycles. The number of amides is 1. The fourth-order valence-corrected chi connectivity index (χ4v) is 6.03. The van der Waals surface area contributed by atoms with Crippen LogP contribution in [-0.4, -0.2) is 56.4 Å². The fourth-order valence-electron chi connectivity index (χ4n) is 6.03. The van der Waals surface area contributed by atoms with Crippen molar-refractivity contribution in [1.82, 2.24) is 10.6 Å². The first kappa shape index (κ1) is 36.2. The van der Waals surface area contributed by atoms with Gasteiger partial charge in [-0.05, 0) is 74.3 Å². The van der Waals surface area contributed by atoms with E-state index in [1.54, 1.807) is 18.2 Å². The molecule has 0 radical (unpaired) electrons. The Labute approximate surface area is 266 Å². The highest BCUT2D eigenvalue weighted by molar-refractivity contribution is 5.82. The molecule has 1 fully saturated rings. The summed E-state index contributed by atoms with van der Waals surface area (Å²) in [6.07, 6.45) is -2.20. The Hall–Kier alpha value is -3.27. The highest BCUT2D eigenvalue weighted by atomic mass is 19.4. The number of hydrogen-bond donors (Lipinski definition) is 3. The van der Waals surface area contributed by atoms with E-state index in [-0.39, 0.29) is 35.8 Å². The molecule has 1 heterocycles. The molecule has 0 unspecified atom stereocenters. The van der Waals surface area contributed by atoms with Crippen LogP contribution in [0.4, 0.5) is 24.5 Å². The average molecular weight is 633 g/mol. The minimum absolute atomic E-state index is 0.0153. The SMILES string of the molecule is CCOC(=O)C1(C(C)C)CCN(c2ccc(NC[C@H](CC)NC(=O)[C@H](CC(C)C)N[C@@H](c3ccccc3)C(F)(F)F)cc2)CC1. The Morgan fingerprint density at radius 1 is 0.956 bits per heavy atom. The van der Waals surface area contributed by atoms with Crippen molar-refractivity contribution in [3.05, 3.63) is 60.2 Å². The Morgan fingerprint density at radius 2 is 1.58 bits per heavy atom. The Bertz CT molecular complexity index is 1200. The molecule has 1 amide bonds. The number of carbonyl (C=O) groups excluding carboxylic acids is 2. The minimum Gasteiger partial charge on any atom is -0.466 e. The molecule has 3 N–H and O–H groups in total. The molecular weight excluding hydrogens is 581 g/mol. The number of alkyl halides is 3. The number of nitrogens with zero attached hydrogens (tertiary/aromatic N) is 1. The van der Waals surface area contributed by atoms with E-state index in [0.29, 0.717) is 19.6 Å². The molecule has 0 aliphatic carbocycles. The van der Waals surface area contributed by atoms with Gasteiger partial charge in [0, 0.05) is 37.1 Å². The number of carbonyl (C=O) groups is 2. The van der Waals surface area contributed by atoms with Crippen molar-refractivity contribution in [2.45, 2.75) is 91.5 Å². The van der Waals surface area contributed by atoms with Gasteiger partial charge in [-0.15, -0.1) is 0 Å². The quantitative estimate of drug-likeness (QED) is 0.182. The number of hydrogen-bond acceptors (Lipinski definition) is 6. The molecule has 0 spiro atoms. The molecule has 3 rings (SSSR count). The van der Waals surface area contributed by atoms with E-state index in [2.05, 4.69) is 34.7 Å². The van der Waals surface area contributed by atoms with E-state index in [1.165, 1.54) is 12.1 Å². The zero-order valence-corrected chi connectivity index (χ0v) is 27.5. The molecule has 0 aromatic heterocycles. The molecule has 1 saturated heterocycles. The second-order valence-electron chi connectivity index (χ2n) is 12.8. The summed E-state index contributed by atoms with van der Waals surface area (Å²) < 4.78 is 47.6. The number of anilines is 2. The van der Waals surface area contributed by atoms with Gasteiger partial charge < -0.3 is 20.3 Å². The largest absolute Gasteiger partial charge is 0.466 e. The molecule has 1 aliphatic rings. The Kier molecular flexibility index (Phi) is 13.1. The van der Waals surface area contributed by atoms with E-state index >= 15 is 0 Å². The van der Waals surface area contributed by atoms with Gasteiger partial charge in [-0.1, -0.05) is 65.0 Å². The van der Waals surface area contributed by atoms with Crippen LogP contribution >= 0.6 is 0 Å². The lowest BCUT2D eigenvalue weighted by atomic mass is 9.70. The van der Waals surface area contributed by atoms with Gasteiger partial charge in [-0.3, -0.25) is 14.9 Å². The average Bonchev–Trinajstić information content (AvgIpc) is 3.01. The summed E-state index contributed by atoms with van der Waals surface area (Å²) >= 11 is 0. The number of piperidine rings is 1. The predicted octanol–water partition coefficient (Wildman–Crippen LogP) is 7.11. The summed E-state index contributed by atoms with van der Waals surface area (Å²) in [7, 11) is 0. The standard InChI is InChI=1S/C35H51F3N4O3/c1-7-27(40-32(43)30(22-24(3)4)41-31(35(36,37)38)26-12-10-9-11-13-26)23-39-28-14-16-29(17-15-28)42-20-18-34(19-21-42,25(5)6)33(44)45-8-2/h9-17,24-25,27,30-31,39,41H,7-8,18-23H2,1-6H3,(H,40,43)/t27-,30-,31-/m0/s1. The highest BCUT2D eigenvalue weighted by Crippen LogP contribution is 2.41. The van der Waals surface area contributed by atoms with Crippen LogP contribution in [0.5, 0.6) is 0 Å². The van der Waals surface area contributed by atoms with E-state index in [1.807, 2.05) is 52.0 Å². The number of nitrogens with one attached hydrogen (secondary N) is 3. The third-order valence-corrected chi connectivity index (χ3v) is 8.92. The van der Waals surface area contributed by atoms with Crippen LogP contribution in [0.3, 0.4) is 0 Å². The maximum absolute atomic E-state index is 14.1. The van der Waals surface area contributed by atoms with E-state index in [0.717, 1.165) is 37.3 Å². The molecule has 1 aliphatic heterocycles. The van der Waals surface area contributed by atoms with Crippen molar-refractivity contribution in [2.24, 2.45) is 17.3 Å². The van der Waals surface area contributed by atoms with Gasteiger partial charge in [-0.25, -0.2) is 0 Å². The van der Waals surface area contributed by atoms with Crippen LogP contribution in [0.15, 0.2) is 54.6 Å². The summed E-state index contributed by atoms with van der Waals surface area (Å²) in [5.41, 5.74) is 1.57. The lowest BCUT2D eigenvalue weighted by Crippen LogP contribution is -2.52. The first-order valence-electron chi connectivity index (χ1n) is 16.2. The van der Waals surface area contributed by atoms with Gasteiger partial charge >= 0.3 is 12.1 Å². The van der Waals surface area contributed by atoms with Crippen LogP contribution < -0.4 is 20.9 Å². The number of benzene rings is 2. The topological polar surface area (TPSA) is 82.7 Å². The lowest BCUT2D eigenvalue weighted by Gasteiger charge is -2.43. The summed E-state index contributed by atoms with van der Waals surface area (Å²) in [6, 6.07) is 12.5. The van der Waals surface area contributed by atoms with E-state index < -0.39 is 29.6 Å². The molecule has 45 heavy (non-hydrogen) atoms. The maximum atomic E-state index is 14.1. The van der Waals surface area contributed by atoms with Gasteiger partial charge in [0.1, 0.15) is 6.04 Å². The van der Waals surface area contributed by atoms with Crippen LogP contribution in [-0.2, 0) is 14.3 Å². The first-order valence-corrected chi connectivity index (χ1v) is 16.2. The van der Waals surface area contributed by atoms with Crippen molar-refractivity contribution in [2.75, 3.05) is 36.5 Å². The Morgan fingerprint density at radius 3 is 2.09 bits per heavy atom. The van der Waals surface area contributed by atoms with Gasteiger partial charge in [0.05, 0.1) is 18.1 Å². The minimum atomic E-state index is -4.55. The van der Waals surface area contributed by atoms with Gasteiger partial charge in [0.2, 0.25) is 5.91 Å². The Balaban J connectivity index is 1.59. The maximum Gasteiger partial charge on any atom is 0.407 e. The second kappa shape index (κ2) is 16.3. The van der Waals surface area contributed by atoms with Gasteiger partial charge in [-0.2, -0.15) is 13.2 Å². The zero-order chi connectivity index (χ0) is 33.2. The van der Waals surface area contributed by atoms with Crippen molar-refractivity contribution < 1.29 is 27.5 Å². The second-order valence-corrected chi connectivity index (χ2v) is 12.8. The van der Waals surface area contributed by atoms with Crippen LogP contribution in [0, 0.1) is 17.3 Å².